The van der Waals surface area contributed by atoms with E-state index >= 15 is 0 Å². The minimum absolute atomic E-state index is 0.255. The molecule has 2 atom stereocenters. The van der Waals surface area contributed by atoms with Crippen molar-refractivity contribution in [2.24, 2.45) is 18.9 Å². The predicted molar refractivity (Wildman–Crippen MR) is 168 cm³/mol. The van der Waals surface area contributed by atoms with Gasteiger partial charge in [0.15, 0.2) is 0 Å². The Labute approximate surface area is 267 Å². The van der Waals surface area contributed by atoms with Crippen molar-refractivity contribution in [2.45, 2.75) is 62.7 Å². The molecular formula is C34H38ClN5O5. The van der Waals surface area contributed by atoms with Crippen LogP contribution < -0.4 is 5.32 Å². The lowest BCUT2D eigenvalue weighted by Gasteiger charge is -2.42. The number of hydrogen-bond acceptors (Lipinski definition) is 7. The lowest BCUT2D eigenvalue weighted by atomic mass is 9.72. The smallest absolute Gasteiger partial charge is 0.409 e. The van der Waals surface area contributed by atoms with E-state index in [0.717, 1.165) is 42.5 Å². The van der Waals surface area contributed by atoms with E-state index in [9.17, 15) is 14.7 Å². The first-order valence-corrected chi connectivity index (χ1v) is 16.1. The van der Waals surface area contributed by atoms with Crippen molar-refractivity contribution in [3.05, 3.63) is 82.2 Å². The maximum atomic E-state index is 13.3. The Kier molecular flexibility index (Phi) is 7.60. The highest BCUT2D eigenvalue weighted by atomic mass is 35.5. The standard InChI is InChI=1S/C34H38ClN5O5/c1-33(11-12-33)45-31(41)38-29(28-18-36-20-39(28)2)26-16-22-4-3-13-37-30(22)34(43,27-8-7-24(35)17-25(26)27)23-9-14-40(15-10-23)32(42)44-19-21-5-6-21/h3-4,7-8,13,16-18,20-21,23,29,43H,5-6,9-12,14-15,19H2,1-2H3,(H,38,41). The number of aromatic nitrogens is 3. The highest BCUT2D eigenvalue weighted by Crippen LogP contribution is 2.50. The summed E-state index contributed by atoms with van der Waals surface area (Å²) in [6.45, 7) is 3.32. The van der Waals surface area contributed by atoms with Crippen molar-refractivity contribution in [3.63, 3.8) is 0 Å². The molecule has 2 amide bonds. The fourth-order valence-electron chi connectivity index (χ4n) is 6.62. The SMILES string of the molecule is Cn1cncc1C(NC(=O)OC1(C)CC1)C1=Cc2cccnc2C(O)(C2CCN(C(=O)OCC3CC3)CC2)c2ccc(Cl)cc21. The van der Waals surface area contributed by atoms with Gasteiger partial charge in [-0.25, -0.2) is 14.6 Å². The monoisotopic (exact) mass is 631 g/mol. The second-order valence-corrected chi connectivity index (χ2v) is 13.6. The van der Waals surface area contributed by atoms with Crippen molar-refractivity contribution >= 4 is 35.4 Å². The summed E-state index contributed by atoms with van der Waals surface area (Å²) in [5.41, 5.74) is 2.08. The number of likely N-dealkylation sites (tertiary alicyclic amines) is 1. The number of aryl methyl sites for hydroxylation is 1. The lowest BCUT2D eigenvalue weighted by Crippen LogP contribution is -2.47. The molecule has 11 heteroatoms. The molecule has 3 fully saturated rings. The lowest BCUT2D eigenvalue weighted by molar-refractivity contribution is -0.0179. The molecule has 0 spiro atoms. The number of aliphatic hydroxyl groups is 1. The number of halogens is 1. The number of carbonyl (C=O) groups is 2. The number of imidazole rings is 1. The fourth-order valence-corrected chi connectivity index (χ4v) is 6.79. The maximum Gasteiger partial charge on any atom is 0.409 e. The van der Waals surface area contributed by atoms with E-state index in [1.165, 1.54) is 0 Å². The van der Waals surface area contributed by atoms with Gasteiger partial charge in [-0.15, -0.1) is 0 Å². The number of piperidine rings is 1. The second-order valence-electron chi connectivity index (χ2n) is 13.1. The van der Waals surface area contributed by atoms with Crippen molar-refractivity contribution < 1.29 is 24.2 Å². The summed E-state index contributed by atoms with van der Waals surface area (Å²) < 4.78 is 13.2. The van der Waals surface area contributed by atoms with Crippen LogP contribution in [0.1, 0.15) is 79.6 Å². The van der Waals surface area contributed by atoms with Gasteiger partial charge in [0, 0.05) is 37.3 Å². The number of rotatable bonds is 7. The molecule has 2 aromatic heterocycles. The molecule has 2 N–H and O–H groups in total. The van der Waals surface area contributed by atoms with E-state index in [-0.39, 0.29) is 12.0 Å². The van der Waals surface area contributed by atoms with Crippen LogP contribution in [-0.4, -0.2) is 62.0 Å². The summed E-state index contributed by atoms with van der Waals surface area (Å²) in [5.74, 6) is 0.239. The van der Waals surface area contributed by atoms with Crippen molar-refractivity contribution in [3.8, 4) is 0 Å². The molecule has 1 aromatic carbocycles. The van der Waals surface area contributed by atoms with Gasteiger partial charge in [0.2, 0.25) is 0 Å². The van der Waals surface area contributed by atoms with Crippen LogP contribution in [0.3, 0.4) is 0 Å². The number of hydrogen-bond donors (Lipinski definition) is 2. The molecule has 3 heterocycles. The second kappa shape index (κ2) is 11.5. The Morgan fingerprint density at radius 3 is 2.64 bits per heavy atom. The molecule has 3 aromatic rings. The number of pyridine rings is 1. The molecule has 236 valence electrons. The highest BCUT2D eigenvalue weighted by Gasteiger charge is 2.48. The predicted octanol–water partition coefficient (Wildman–Crippen LogP) is 5.84. The van der Waals surface area contributed by atoms with E-state index < -0.39 is 23.3 Å². The van der Waals surface area contributed by atoms with Gasteiger partial charge in [0.05, 0.1) is 36.6 Å². The van der Waals surface area contributed by atoms with Gasteiger partial charge in [-0.05, 0) is 97.9 Å². The Bertz CT molecular complexity index is 1660. The first-order chi connectivity index (χ1) is 21.6. The van der Waals surface area contributed by atoms with Crippen LogP contribution >= 0.6 is 11.6 Å². The zero-order valence-electron chi connectivity index (χ0n) is 25.5. The van der Waals surface area contributed by atoms with E-state index in [1.807, 2.05) is 48.9 Å². The van der Waals surface area contributed by atoms with Crippen LogP contribution in [0.25, 0.3) is 11.6 Å². The number of benzene rings is 1. The summed E-state index contributed by atoms with van der Waals surface area (Å²) in [5, 5.41) is 16.6. The number of fused-ring (bicyclic) bond motifs is 2. The molecule has 4 aliphatic rings. The molecule has 2 unspecified atom stereocenters. The van der Waals surface area contributed by atoms with Gasteiger partial charge >= 0.3 is 12.2 Å². The average molecular weight is 632 g/mol. The highest BCUT2D eigenvalue weighted by molar-refractivity contribution is 6.30. The first kappa shape index (κ1) is 29.8. The molecule has 1 saturated heterocycles. The van der Waals surface area contributed by atoms with E-state index in [0.29, 0.717) is 60.3 Å². The minimum Gasteiger partial charge on any atom is -0.449 e. The van der Waals surface area contributed by atoms with Crippen LogP contribution in [-0.2, 0) is 22.1 Å². The number of nitrogens with one attached hydrogen (secondary N) is 1. The fraction of sp³-hybridized carbons (Fsp3) is 0.471. The number of carbonyl (C=O) groups excluding carboxylic acids is 2. The molecule has 0 bridgehead atoms. The average Bonchev–Trinajstić information content (AvgIpc) is 3.96. The summed E-state index contributed by atoms with van der Waals surface area (Å²) >= 11 is 6.65. The molecule has 0 radical (unpaired) electrons. The number of alkyl carbamates (subject to hydrolysis) is 1. The number of nitrogens with zero attached hydrogens (tertiary/aromatic N) is 4. The van der Waals surface area contributed by atoms with Crippen LogP contribution in [0.15, 0.2) is 49.1 Å². The quantitative estimate of drug-likeness (QED) is 0.336. The minimum atomic E-state index is -1.50. The van der Waals surface area contributed by atoms with Crippen molar-refractivity contribution in [2.75, 3.05) is 19.7 Å². The summed E-state index contributed by atoms with van der Waals surface area (Å²) in [4.78, 5) is 36.9. The van der Waals surface area contributed by atoms with Gasteiger partial charge in [-0.3, -0.25) is 4.98 Å². The third kappa shape index (κ3) is 5.81. The van der Waals surface area contributed by atoms with Crippen LogP contribution in [0.2, 0.25) is 5.02 Å². The van der Waals surface area contributed by atoms with Crippen LogP contribution in [0.5, 0.6) is 0 Å². The van der Waals surface area contributed by atoms with Crippen LogP contribution in [0.4, 0.5) is 9.59 Å². The number of amides is 2. The molecule has 45 heavy (non-hydrogen) atoms. The summed E-state index contributed by atoms with van der Waals surface area (Å²) in [6, 6.07) is 8.55. The van der Waals surface area contributed by atoms with E-state index in [4.69, 9.17) is 26.1 Å². The van der Waals surface area contributed by atoms with Crippen molar-refractivity contribution in [1.82, 2.24) is 24.8 Å². The third-order valence-corrected chi connectivity index (χ3v) is 9.95. The molecular weight excluding hydrogens is 594 g/mol. The molecule has 10 nitrogen and oxygen atoms in total. The molecule has 7 rings (SSSR count). The van der Waals surface area contributed by atoms with E-state index in [2.05, 4.69) is 10.3 Å². The zero-order valence-corrected chi connectivity index (χ0v) is 26.3. The maximum absolute atomic E-state index is 13.3. The van der Waals surface area contributed by atoms with Gasteiger partial charge in [-0.1, -0.05) is 23.7 Å². The van der Waals surface area contributed by atoms with Crippen molar-refractivity contribution in [1.29, 1.82) is 0 Å². The summed E-state index contributed by atoms with van der Waals surface area (Å²) in [7, 11) is 1.87. The van der Waals surface area contributed by atoms with Gasteiger partial charge < -0.3 is 29.4 Å². The Morgan fingerprint density at radius 1 is 1.18 bits per heavy atom. The molecule has 3 aliphatic carbocycles. The van der Waals surface area contributed by atoms with Gasteiger partial charge in [0.1, 0.15) is 11.2 Å². The first-order valence-electron chi connectivity index (χ1n) is 15.7. The Hall–Kier alpha value is -3.89. The Balaban J connectivity index is 1.28. The summed E-state index contributed by atoms with van der Waals surface area (Å²) in [6.07, 6.45) is 11.2. The zero-order chi connectivity index (χ0) is 31.3. The molecule has 1 aliphatic heterocycles. The van der Waals surface area contributed by atoms with E-state index in [1.54, 1.807) is 29.7 Å². The van der Waals surface area contributed by atoms with Gasteiger partial charge in [0.25, 0.3) is 0 Å². The normalized spacial score (nSPS) is 22.8. The largest absolute Gasteiger partial charge is 0.449 e. The van der Waals surface area contributed by atoms with Crippen LogP contribution in [0, 0.1) is 11.8 Å². The van der Waals surface area contributed by atoms with Gasteiger partial charge in [-0.2, -0.15) is 0 Å². The molecule has 2 saturated carbocycles. The Morgan fingerprint density at radius 2 is 1.96 bits per heavy atom. The number of ether oxygens (including phenoxy) is 2. The topological polar surface area (TPSA) is 119 Å². The third-order valence-electron chi connectivity index (χ3n) is 9.71.